The minimum Gasteiger partial charge on any atom is -0.458 e. The fourth-order valence-electron chi connectivity index (χ4n) is 7.43. The molecule has 0 fully saturated rings. The van der Waals surface area contributed by atoms with Crippen molar-refractivity contribution in [1.29, 1.82) is 0 Å². The molecular formula is C31H29BFNO. The normalized spacial score (nSPS) is 23.1. The molecule has 0 amide bonds. The summed E-state index contributed by atoms with van der Waals surface area (Å²) < 4.78 is 20.9. The minimum absolute atomic E-state index is 0.0966. The van der Waals surface area contributed by atoms with Crippen LogP contribution in [-0.4, -0.2) is 18.9 Å². The maximum atomic E-state index is 14.2. The first-order valence-electron chi connectivity index (χ1n) is 12.9. The number of hydrogen-bond donors (Lipinski definition) is 0. The van der Waals surface area contributed by atoms with Gasteiger partial charge in [-0.25, -0.2) is 0 Å². The molecule has 0 saturated carbocycles. The van der Waals surface area contributed by atoms with Gasteiger partial charge in [-0.05, 0) is 59.2 Å². The highest BCUT2D eigenvalue weighted by Gasteiger charge is 2.59. The molecule has 7 rings (SSSR count). The topological polar surface area (TPSA) is 12.5 Å². The van der Waals surface area contributed by atoms with Crippen LogP contribution in [-0.2, 0) is 5.41 Å². The lowest BCUT2D eigenvalue weighted by atomic mass is 9.34. The number of alkyl halides is 1. The van der Waals surface area contributed by atoms with Gasteiger partial charge in [-0.1, -0.05) is 80.9 Å². The largest absolute Gasteiger partial charge is 0.458 e. The minimum atomic E-state index is -0.361. The molecule has 2 atom stereocenters. The van der Waals surface area contributed by atoms with Gasteiger partial charge in [0.25, 0.3) is 6.71 Å². The SMILES string of the molecule is CCCC1(C)c2cccc3c2N(c2cccc4c2B3c2ccc3ccccc3c2O4)C1(C)CCF. The summed E-state index contributed by atoms with van der Waals surface area (Å²) in [4.78, 5) is 2.48. The molecular weight excluding hydrogens is 432 g/mol. The Hall–Kier alpha value is -3.27. The number of fused-ring (bicyclic) bond motifs is 6. The standard InChI is InChI=1S/C31H29BFNO/c1-4-17-30(2)22-11-7-12-23-28(22)34(31(30,3)18-19-33)25-13-8-14-26-27(25)32(23)24-16-15-20-9-5-6-10-21(20)29(24)35-26/h5-16H,4,17-19H2,1-3H3. The Morgan fingerprint density at radius 3 is 2.54 bits per heavy atom. The van der Waals surface area contributed by atoms with Gasteiger partial charge in [0, 0.05) is 22.2 Å². The van der Waals surface area contributed by atoms with Crippen LogP contribution in [0.3, 0.4) is 0 Å². The summed E-state index contributed by atoms with van der Waals surface area (Å²) in [6, 6.07) is 26.1. The molecule has 0 saturated heterocycles. The highest BCUT2D eigenvalue weighted by Crippen LogP contribution is 2.59. The van der Waals surface area contributed by atoms with Gasteiger partial charge >= 0.3 is 0 Å². The van der Waals surface area contributed by atoms with Crippen molar-refractivity contribution >= 4 is 45.2 Å². The number of nitrogens with zero attached hydrogens (tertiary/aromatic N) is 1. The van der Waals surface area contributed by atoms with Crippen molar-refractivity contribution in [3.05, 3.63) is 78.4 Å². The van der Waals surface area contributed by atoms with Gasteiger partial charge in [-0.15, -0.1) is 0 Å². The van der Waals surface area contributed by atoms with Crippen molar-refractivity contribution in [2.45, 2.75) is 51.0 Å². The van der Waals surface area contributed by atoms with Crippen LogP contribution >= 0.6 is 0 Å². The number of ether oxygens (including phenoxy) is 1. The first-order valence-corrected chi connectivity index (χ1v) is 12.9. The number of rotatable bonds is 4. The van der Waals surface area contributed by atoms with Crippen molar-refractivity contribution in [2.75, 3.05) is 11.6 Å². The summed E-state index contributed by atoms with van der Waals surface area (Å²) in [5.41, 5.74) is 7.04. The molecule has 4 aromatic carbocycles. The number of para-hydroxylation sites is 1. The molecule has 4 aromatic rings. The second kappa shape index (κ2) is 7.13. The first-order chi connectivity index (χ1) is 17.0. The van der Waals surface area contributed by atoms with Crippen LogP contribution in [0.25, 0.3) is 10.8 Å². The predicted octanol–water partition coefficient (Wildman–Crippen LogP) is 6.10. The third kappa shape index (κ3) is 2.45. The lowest BCUT2D eigenvalue weighted by molar-refractivity contribution is 0.224. The van der Waals surface area contributed by atoms with Crippen molar-refractivity contribution in [1.82, 2.24) is 0 Å². The smallest absolute Gasteiger partial charge is 0.256 e. The van der Waals surface area contributed by atoms with Gasteiger partial charge in [0.1, 0.15) is 11.5 Å². The van der Waals surface area contributed by atoms with Crippen molar-refractivity contribution < 1.29 is 9.13 Å². The van der Waals surface area contributed by atoms with E-state index in [1.165, 1.54) is 38.7 Å². The van der Waals surface area contributed by atoms with Gasteiger partial charge in [-0.2, -0.15) is 0 Å². The Labute approximate surface area is 206 Å². The van der Waals surface area contributed by atoms with E-state index in [2.05, 4.69) is 98.5 Å². The number of hydrogen-bond acceptors (Lipinski definition) is 2. The van der Waals surface area contributed by atoms with Gasteiger partial charge in [0.2, 0.25) is 0 Å². The molecule has 0 radical (unpaired) electrons. The molecule has 0 bridgehead atoms. The van der Waals surface area contributed by atoms with Gasteiger partial charge in [0.15, 0.2) is 0 Å². The Morgan fingerprint density at radius 2 is 1.71 bits per heavy atom. The molecule has 0 spiro atoms. The van der Waals surface area contributed by atoms with E-state index >= 15 is 0 Å². The fraction of sp³-hybridized carbons (Fsp3) is 0.290. The van der Waals surface area contributed by atoms with E-state index in [1.807, 2.05) is 0 Å². The van der Waals surface area contributed by atoms with E-state index in [1.54, 1.807) is 0 Å². The maximum Gasteiger partial charge on any atom is 0.256 e. The summed E-state index contributed by atoms with van der Waals surface area (Å²) >= 11 is 0. The Morgan fingerprint density at radius 1 is 0.886 bits per heavy atom. The second-order valence-electron chi connectivity index (χ2n) is 10.8. The molecule has 0 N–H and O–H groups in total. The highest BCUT2D eigenvalue weighted by atomic mass is 19.1. The van der Waals surface area contributed by atoms with E-state index in [4.69, 9.17) is 4.74 Å². The lowest BCUT2D eigenvalue weighted by Crippen LogP contribution is -2.63. The lowest BCUT2D eigenvalue weighted by Gasteiger charge is -2.49. The summed E-state index contributed by atoms with van der Waals surface area (Å²) in [6.07, 6.45) is 2.58. The number of anilines is 2. The fourth-order valence-corrected chi connectivity index (χ4v) is 7.43. The van der Waals surface area contributed by atoms with E-state index in [9.17, 15) is 4.39 Å². The highest BCUT2D eigenvalue weighted by molar-refractivity contribution is 6.99. The second-order valence-corrected chi connectivity index (χ2v) is 10.8. The molecule has 4 heteroatoms. The number of halogens is 1. The summed E-state index contributed by atoms with van der Waals surface area (Å²) in [5.74, 6) is 1.88. The number of benzene rings is 4. The zero-order valence-corrected chi connectivity index (χ0v) is 20.6. The molecule has 2 nitrogen and oxygen atoms in total. The molecule has 3 heterocycles. The average molecular weight is 461 g/mol. The third-order valence-corrected chi connectivity index (χ3v) is 9.22. The molecule has 35 heavy (non-hydrogen) atoms. The maximum absolute atomic E-state index is 14.2. The average Bonchev–Trinajstić information content (AvgIpc) is 3.06. The zero-order chi connectivity index (χ0) is 23.9. The van der Waals surface area contributed by atoms with Crippen LogP contribution in [0, 0.1) is 0 Å². The van der Waals surface area contributed by atoms with Crippen LogP contribution in [0.1, 0.15) is 45.6 Å². The molecule has 0 aliphatic carbocycles. The van der Waals surface area contributed by atoms with Crippen LogP contribution < -0.4 is 26.0 Å². The summed E-state index contributed by atoms with van der Waals surface area (Å²) in [5, 5.41) is 2.33. The van der Waals surface area contributed by atoms with Crippen LogP contribution in [0.2, 0.25) is 0 Å². The van der Waals surface area contributed by atoms with E-state index in [0.717, 1.165) is 29.7 Å². The zero-order valence-electron chi connectivity index (χ0n) is 20.6. The monoisotopic (exact) mass is 461 g/mol. The molecule has 2 unspecified atom stereocenters. The first kappa shape index (κ1) is 21.1. The summed E-state index contributed by atoms with van der Waals surface area (Å²) in [6.45, 7) is 6.64. The Bertz CT molecular complexity index is 1520. The third-order valence-electron chi connectivity index (χ3n) is 9.22. The molecule has 174 valence electrons. The van der Waals surface area contributed by atoms with Gasteiger partial charge in [-0.3, -0.25) is 4.39 Å². The Kier molecular flexibility index (Phi) is 4.29. The van der Waals surface area contributed by atoms with Gasteiger partial charge < -0.3 is 9.64 Å². The molecule has 3 aliphatic heterocycles. The van der Waals surface area contributed by atoms with Crippen molar-refractivity contribution in [3.63, 3.8) is 0 Å². The quantitative estimate of drug-likeness (QED) is 0.300. The Balaban J connectivity index is 1.58. The van der Waals surface area contributed by atoms with Gasteiger partial charge in [0.05, 0.1) is 12.2 Å². The van der Waals surface area contributed by atoms with E-state index in [0.29, 0.717) is 6.42 Å². The predicted molar refractivity (Wildman–Crippen MR) is 145 cm³/mol. The van der Waals surface area contributed by atoms with Crippen molar-refractivity contribution in [3.8, 4) is 11.5 Å². The van der Waals surface area contributed by atoms with Crippen molar-refractivity contribution in [2.24, 2.45) is 0 Å². The molecule has 3 aliphatic rings. The van der Waals surface area contributed by atoms with Crippen LogP contribution in [0.5, 0.6) is 11.5 Å². The van der Waals surface area contributed by atoms with Crippen LogP contribution in [0.4, 0.5) is 15.8 Å². The summed E-state index contributed by atoms with van der Waals surface area (Å²) in [7, 11) is 0. The van der Waals surface area contributed by atoms with E-state index < -0.39 is 0 Å². The van der Waals surface area contributed by atoms with E-state index in [-0.39, 0.29) is 24.3 Å². The molecule has 0 aromatic heterocycles. The van der Waals surface area contributed by atoms with Crippen LogP contribution in [0.15, 0.2) is 72.8 Å².